The third-order valence-electron chi connectivity index (χ3n) is 8.48. The maximum Gasteiger partial charge on any atom is 0.160 e. The van der Waals surface area contributed by atoms with Gasteiger partial charge in [-0.15, -0.1) is 11.3 Å². The van der Waals surface area contributed by atoms with E-state index in [2.05, 4.69) is 119 Å². The van der Waals surface area contributed by atoms with Crippen molar-refractivity contribution in [2.24, 2.45) is 0 Å². The Balaban J connectivity index is 1.23. The highest BCUT2D eigenvalue weighted by Crippen LogP contribution is 2.40. The van der Waals surface area contributed by atoms with Crippen molar-refractivity contribution in [3.63, 3.8) is 0 Å². The molecule has 3 heterocycles. The van der Waals surface area contributed by atoms with Gasteiger partial charge in [0.2, 0.25) is 0 Å². The fourth-order valence-electron chi connectivity index (χ4n) is 6.37. The minimum Gasteiger partial charge on any atom is -0.309 e. The molecule has 0 saturated heterocycles. The van der Waals surface area contributed by atoms with Crippen LogP contribution in [-0.2, 0) is 0 Å². The van der Waals surface area contributed by atoms with E-state index in [0.717, 1.165) is 39.6 Å². The lowest BCUT2D eigenvalue weighted by molar-refractivity contribution is 1.17. The Hall–Kier alpha value is -5.58. The zero-order valence-corrected chi connectivity index (χ0v) is 24.5. The molecule has 0 radical (unpaired) electrons. The van der Waals surface area contributed by atoms with E-state index in [1.165, 1.54) is 42.7 Å². The molecule has 4 heteroatoms. The molecule has 3 aromatic heterocycles. The summed E-state index contributed by atoms with van der Waals surface area (Å²) in [4.78, 5) is 9.99. The molecule has 0 fully saturated rings. The Labute approximate surface area is 258 Å². The van der Waals surface area contributed by atoms with Crippen molar-refractivity contribution < 1.29 is 0 Å². The number of benzene rings is 6. The second kappa shape index (κ2) is 10.0. The first-order valence-corrected chi connectivity index (χ1v) is 15.6. The summed E-state index contributed by atoms with van der Waals surface area (Å²) in [6.07, 6.45) is 0. The zero-order valence-electron chi connectivity index (χ0n) is 23.7. The molecule has 0 spiro atoms. The van der Waals surface area contributed by atoms with Gasteiger partial charge in [0.15, 0.2) is 5.82 Å². The molecule has 0 amide bonds. The van der Waals surface area contributed by atoms with E-state index in [0.29, 0.717) is 0 Å². The molecule has 0 unspecified atom stereocenters. The molecule has 0 aliphatic heterocycles. The normalized spacial score (nSPS) is 11.6. The van der Waals surface area contributed by atoms with E-state index in [1.54, 1.807) is 11.3 Å². The summed E-state index contributed by atoms with van der Waals surface area (Å²) in [5, 5.41) is 8.57. The van der Waals surface area contributed by atoms with Crippen LogP contribution in [0.2, 0.25) is 0 Å². The minimum atomic E-state index is 0.722. The van der Waals surface area contributed by atoms with Gasteiger partial charge in [0, 0.05) is 37.9 Å². The van der Waals surface area contributed by atoms with Crippen LogP contribution in [0, 0.1) is 0 Å². The first-order chi connectivity index (χ1) is 21.8. The summed E-state index contributed by atoms with van der Waals surface area (Å²) in [5.41, 5.74) is 8.49. The summed E-state index contributed by atoms with van der Waals surface area (Å²) in [6, 6.07) is 51.5. The zero-order chi connectivity index (χ0) is 29.0. The van der Waals surface area contributed by atoms with Crippen molar-refractivity contribution in [1.29, 1.82) is 0 Å². The molecule has 0 N–H and O–H groups in total. The lowest BCUT2D eigenvalue weighted by Gasteiger charge is -2.11. The van der Waals surface area contributed by atoms with Crippen LogP contribution >= 0.6 is 11.3 Å². The molecular formula is C40H25N3S. The largest absolute Gasteiger partial charge is 0.309 e. The monoisotopic (exact) mass is 579 g/mol. The predicted molar refractivity (Wildman–Crippen MR) is 186 cm³/mol. The lowest BCUT2D eigenvalue weighted by Crippen LogP contribution is -1.97. The van der Waals surface area contributed by atoms with Crippen molar-refractivity contribution in [1.82, 2.24) is 14.5 Å². The molecular weight excluding hydrogens is 555 g/mol. The van der Waals surface area contributed by atoms with Crippen molar-refractivity contribution >= 4 is 54.0 Å². The van der Waals surface area contributed by atoms with E-state index in [4.69, 9.17) is 9.97 Å². The van der Waals surface area contributed by atoms with Gasteiger partial charge in [-0.2, -0.15) is 0 Å². The van der Waals surface area contributed by atoms with Crippen molar-refractivity contribution in [3.05, 3.63) is 151 Å². The molecule has 9 rings (SSSR count). The molecule has 0 saturated carbocycles. The van der Waals surface area contributed by atoms with E-state index in [1.807, 2.05) is 36.4 Å². The standard InChI is InChI=1S/C40H25N3S/c1-3-10-27(11-4-1)34-25-35(42-40(41-34)29-12-5-2-6-13-29)28-15-18-31(19-16-28)43-36-20-17-26-9-7-8-14-32(26)39(36)33-24-38-30(21-22-44-38)23-37(33)43/h1-25H. The molecule has 9 aromatic rings. The van der Waals surface area contributed by atoms with E-state index in [9.17, 15) is 0 Å². The molecule has 3 nitrogen and oxygen atoms in total. The van der Waals surface area contributed by atoms with Crippen molar-refractivity contribution in [2.45, 2.75) is 0 Å². The van der Waals surface area contributed by atoms with Gasteiger partial charge in [0.25, 0.3) is 0 Å². The average Bonchev–Trinajstić information content (AvgIpc) is 3.69. The van der Waals surface area contributed by atoms with Gasteiger partial charge in [-0.3, -0.25) is 0 Å². The third-order valence-corrected chi connectivity index (χ3v) is 9.36. The summed E-state index contributed by atoms with van der Waals surface area (Å²) in [5.74, 6) is 0.722. The Morgan fingerprint density at radius 1 is 0.477 bits per heavy atom. The van der Waals surface area contributed by atoms with Crippen LogP contribution in [-0.4, -0.2) is 14.5 Å². The van der Waals surface area contributed by atoms with Crippen LogP contribution in [0.4, 0.5) is 0 Å². The van der Waals surface area contributed by atoms with Crippen LogP contribution < -0.4 is 0 Å². The number of nitrogens with zero attached hydrogens (tertiary/aromatic N) is 3. The van der Waals surface area contributed by atoms with Gasteiger partial charge < -0.3 is 4.57 Å². The molecule has 6 aromatic carbocycles. The lowest BCUT2D eigenvalue weighted by atomic mass is 10.0. The minimum absolute atomic E-state index is 0.722. The molecule has 0 atom stereocenters. The van der Waals surface area contributed by atoms with E-state index >= 15 is 0 Å². The van der Waals surface area contributed by atoms with Crippen molar-refractivity contribution in [3.8, 4) is 39.6 Å². The van der Waals surface area contributed by atoms with Gasteiger partial charge in [0.1, 0.15) is 0 Å². The van der Waals surface area contributed by atoms with Crippen LogP contribution in [0.5, 0.6) is 0 Å². The maximum absolute atomic E-state index is 5.04. The molecule has 0 aliphatic carbocycles. The molecule has 0 aliphatic rings. The number of rotatable bonds is 4. The summed E-state index contributed by atoms with van der Waals surface area (Å²) >= 11 is 1.80. The average molecular weight is 580 g/mol. The van der Waals surface area contributed by atoms with Gasteiger partial charge in [-0.25, -0.2) is 9.97 Å². The maximum atomic E-state index is 5.04. The smallest absolute Gasteiger partial charge is 0.160 e. The highest BCUT2D eigenvalue weighted by molar-refractivity contribution is 7.17. The first kappa shape index (κ1) is 25.0. The summed E-state index contributed by atoms with van der Waals surface area (Å²) < 4.78 is 3.72. The number of hydrogen-bond donors (Lipinski definition) is 0. The fraction of sp³-hybridized carbons (Fsp3) is 0. The quantitative estimate of drug-likeness (QED) is 0.208. The Morgan fingerprint density at radius 2 is 1.16 bits per heavy atom. The van der Waals surface area contributed by atoms with Crippen LogP contribution in [0.1, 0.15) is 0 Å². The summed E-state index contributed by atoms with van der Waals surface area (Å²) in [6.45, 7) is 0. The Bertz CT molecular complexity index is 2420. The number of thiophene rings is 1. The topological polar surface area (TPSA) is 30.7 Å². The molecule has 0 bridgehead atoms. The van der Waals surface area contributed by atoms with Gasteiger partial charge >= 0.3 is 0 Å². The molecule has 206 valence electrons. The first-order valence-electron chi connectivity index (χ1n) is 14.7. The second-order valence-corrected chi connectivity index (χ2v) is 12.0. The van der Waals surface area contributed by atoms with E-state index < -0.39 is 0 Å². The number of fused-ring (bicyclic) bond motifs is 6. The fourth-order valence-corrected chi connectivity index (χ4v) is 7.18. The third kappa shape index (κ3) is 4.03. The molecule has 44 heavy (non-hydrogen) atoms. The van der Waals surface area contributed by atoms with Crippen LogP contribution in [0.15, 0.2) is 151 Å². The van der Waals surface area contributed by atoms with E-state index in [-0.39, 0.29) is 0 Å². The Kier molecular flexibility index (Phi) is 5.68. The second-order valence-electron chi connectivity index (χ2n) is 11.1. The van der Waals surface area contributed by atoms with Crippen LogP contribution in [0.25, 0.3) is 82.3 Å². The Morgan fingerprint density at radius 3 is 1.93 bits per heavy atom. The SMILES string of the molecule is c1ccc(-c2cc(-c3ccc(-n4c5cc6ccsc6cc5c5c6ccccc6ccc54)cc3)nc(-c3ccccc3)n2)cc1. The highest BCUT2D eigenvalue weighted by atomic mass is 32.1. The highest BCUT2D eigenvalue weighted by Gasteiger charge is 2.17. The predicted octanol–water partition coefficient (Wildman–Crippen LogP) is 10.9. The van der Waals surface area contributed by atoms with Crippen molar-refractivity contribution in [2.75, 3.05) is 0 Å². The van der Waals surface area contributed by atoms with Gasteiger partial charge in [0.05, 0.1) is 22.4 Å². The summed E-state index contributed by atoms with van der Waals surface area (Å²) in [7, 11) is 0. The number of hydrogen-bond acceptors (Lipinski definition) is 3. The number of aromatic nitrogens is 3. The van der Waals surface area contributed by atoms with Gasteiger partial charge in [-0.1, -0.05) is 103 Å². The van der Waals surface area contributed by atoms with Gasteiger partial charge in [-0.05, 0) is 64.0 Å². The van der Waals surface area contributed by atoms with Crippen LogP contribution in [0.3, 0.4) is 0 Å².